The van der Waals surface area contributed by atoms with Crippen molar-refractivity contribution >= 4 is 17.4 Å². The normalized spacial score (nSPS) is 22.8. The molecule has 2 saturated heterocycles. The Labute approximate surface area is 141 Å². The van der Waals surface area contributed by atoms with E-state index in [-0.39, 0.29) is 28.6 Å². The Morgan fingerprint density at radius 1 is 1.29 bits per heavy atom. The fourth-order valence-electron chi connectivity index (χ4n) is 3.58. The summed E-state index contributed by atoms with van der Waals surface area (Å²) in [6.07, 6.45) is 4.17. The van der Waals surface area contributed by atoms with Crippen LogP contribution in [0.5, 0.6) is 0 Å². The number of nitrogens with zero attached hydrogens (tertiary/aromatic N) is 4. The topological polar surface area (TPSA) is 91.6 Å². The highest BCUT2D eigenvalue weighted by molar-refractivity contribution is 5.83. The number of piperidine rings is 1. The minimum Gasteiger partial charge on any atom is -0.362 e. The largest absolute Gasteiger partial charge is 0.362 e. The van der Waals surface area contributed by atoms with Gasteiger partial charge in [-0.25, -0.2) is 4.98 Å². The van der Waals surface area contributed by atoms with E-state index >= 15 is 0 Å². The lowest BCUT2D eigenvalue weighted by atomic mass is 10.0. The first-order valence-electron chi connectivity index (χ1n) is 8.33. The van der Waals surface area contributed by atoms with Crippen LogP contribution in [0.4, 0.5) is 11.5 Å². The molecular formula is C16H23N5O3. The van der Waals surface area contributed by atoms with E-state index in [2.05, 4.69) is 15.2 Å². The Hall–Kier alpha value is -2.22. The van der Waals surface area contributed by atoms with Crippen LogP contribution in [0.3, 0.4) is 0 Å². The van der Waals surface area contributed by atoms with Crippen LogP contribution < -0.4 is 5.32 Å². The summed E-state index contributed by atoms with van der Waals surface area (Å²) in [5.74, 6) is 0.549. The number of hydrogen-bond donors (Lipinski definition) is 1. The zero-order valence-electron chi connectivity index (χ0n) is 14.1. The van der Waals surface area contributed by atoms with E-state index in [1.54, 1.807) is 24.1 Å². The monoisotopic (exact) mass is 333 g/mol. The number of nitro groups is 1. The van der Waals surface area contributed by atoms with E-state index in [1.807, 2.05) is 7.05 Å². The summed E-state index contributed by atoms with van der Waals surface area (Å²) in [5.41, 5.74) is 0.655. The van der Waals surface area contributed by atoms with Crippen molar-refractivity contribution in [3.63, 3.8) is 0 Å². The van der Waals surface area contributed by atoms with Gasteiger partial charge in [0.25, 0.3) is 0 Å². The van der Waals surface area contributed by atoms with Crippen molar-refractivity contribution in [1.29, 1.82) is 0 Å². The van der Waals surface area contributed by atoms with Gasteiger partial charge in [-0.15, -0.1) is 0 Å². The lowest BCUT2D eigenvalue weighted by Gasteiger charge is -2.35. The number of carbonyl (C=O) groups is 1. The number of carbonyl (C=O) groups excluding carboxylic acids is 1. The predicted molar refractivity (Wildman–Crippen MR) is 89.9 cm³/mol. The van der Waals surface area contributed by atoms with Gasteiger partial charge in [0.2, 0.25) is 11.7 Å². The third kappa shape index (κ3) is 3.19. The molecule has 0 spiro atoms. The van der Waals surface area contributed by atoms with Crippen LogP contribution in [0, 0.1) is 17.0 Å². The zero-order valence-corrected chi connectivity index (χ0v) is 14.1. The van der Waals surface area contributed by atoms with Crippen LogP contribution in [0.2, 0.25) is 0 Å². The van der Waals surface area contributed by atoms with Gasteiger partial charge in [0.05, 0.1) is 11.0 Å². The van der Waals surface area contributed by atoms with Gasteiger partial charge in [-0.3, -0.25) is 19.8 Å². The van der Waals surface area contributed by atoms with Gasteiger partial charge < -0.3 is 10.2 Å². The molecule has 0 bridgehead atoms. The Balaban J connectivity index is 1.61. The molecule has 0 saturated carbocycles. The minimum atomic E-state index is -0.382. The highest BCUT2D eigenvalue weighted by Crippen LogP contribution is 2.28. The van der Waals surface area contributed by atoms with Crippen molar-refractivity contribution in [3.8, 4) is 0 Å². The number of likely N-dealkylation sites (tertiary alicyclic amines) is 2. The molecule has 1 aromatic heterocycles. The van der Waals surface area contributed by atoms with Crippen LogP contribution in [-0.2, 0) is 4.79 Å². The number of pyridine rings is 1. The van der Waals surface area contributed by atoms with Gasteiger partial charge in [-0.05, 0) is 32.3 Å². The summed E-state index contributed by atoms with van der Waals surface area (Å²) < 4.78 is 0. The fourth-order valence-corrected chi connectivity index (χ4v) is 3.58. The second-order valence-electron chi connectivity index (χ2n) is 6.60. The van der Waals surface area contributed by atoms with Gasteiger partial charge in [0.1, 0.15) is 0 Å². The first kappa shape index (κ1) is 16.6. The van der Waals surface area contributed by atoms with Gasteiger partial charge in [0, 0.05) is 44.5 Å². The average Bonchev–Trinajstić information content (AvgIpc) is 2.87. The van der Waals surface area contributed by atoms with Crippen LogP contribution in [0.1, 0.15) is 24.8 Å². The van der Waals surface area contributed by atoms with Gasteiger partial charge in [-0.1, -0.05) is 0 Å². The molecule has 0 unspecified atom stereocenters. The molecule has 0 aliphatic carbocycles. The second kappa shape index (κ2) is 6.72. The first-order valence-corrected chi connectivity index (χ1v) is 8.33. The SMILES string of the molecule is Cc1ccnc(NC2CCN([C@H]3CCN(C)C3=O)CC2)c1[N+](=O)[O-]. The predicted octanol–water partition coefficient (Wildman–Crippen LogP) is 1.41. The lowest BCUT2D eigenvalue weighted by molar-refractivity contribution is -0.384. The fraction of sp³-hybridized carbons (Fsp3) is 0.625. The summed E-state index contributed by atoms with van der Waals surface area (Å²) in [4.78, 5) is 31.2. The first-order chi connectivity index (χ1) is 11.5. The van der Waals surface area contributed by atoms with E-state index in [0.717, 1.165) is 38.9 Å². The Kier molecular flexibility index (Phi) is 4.66. The summed E-state index contributed by atoms with van der Waals surface area (Å²) in [6, 6.07) is 1.79. The van der Waals surface area contributed by atoms with Gasteiger partial charge >= 0.3 is 5.69 Å². The molecule has 2 fully saturated rings. The molecule has 24 heavy (non-hydrogen) atoms. The number of aromatic nitrogens is 1. The summed E-state index contributed by atoms with van der Waals surface area (Å²) >= 11 is 0. The highest BCUT2D eigenvalue weighted by atomic mass is 16.6. The summed E-state index contributed by atoms with van der Waals surface area (Å²) in [6.45, 7) is 4.18. The Morgan fingerprint density at radius 2 is 2.00 bits per heavy atom. The molecule has 130 valence electrons. The number of aryl methyl sites for hydroxylation is 1. The molecule has 1 atom stereocenters. The number of likely N-dealkylation sites (N-methyl/N-ethyl adjacent to an activating group) is 1. The van der Waals surface area contributed by atoms with E-state index in [0.29, 0.717) is 11.4 Å². The Morgan fingerprint density at radius 3 is 2.58 bits per heavy atom. The van der Waals surface area contributed by atoms with Crippen LogP contribution in [0.25, 0.3) is 0 Å². The smallest absolute Gasteiger partial charge is 0.314 e. The van der Waals surface area contributed by atoms with E-state index < -0.39 is 0 Å². The van der Waals surface area contributed by atoms with Gasteiger partial charge in [-0.2, -0.15) is 0 Å². The van der Waals surface area contributed by atoms with Crippen molar-refractivity contribution in [2.45, 2.75) is 38.3 Å². The molecule has 8 heteroatoms. The zero-order chi connectivity index (χ0) is 17.3. The van der Waals surface area contributed by atoms with Crippen molar-refractivity contribution in [3.05, 3.63) is 27.9 Å². The highest BCUT2D eigenvalue weighted by Gasteiger charge is 2.36. The molecule has 1 amide bonds. The average molecular weight is 333 g/mol. The molecule has 2 aliphatic rings. The lowest BCUT2D eigenvalue weighted by Crippen LogP contribution is -2.47. The van der Waals surface area contributed by atoms with E-state index in [1.165, 1.54) is 0 Å². The van der Waals surface area contributed by atoms with Crippen LogP contribution in [0.15, 0.2) is 12.3 Å². The molecule has 8 nitrogen and oxygen atoms in total. The standard InChI is InChI=1S/C16H23N5O3/c1-11-3-7-17-15(14(11)21(23)24)18-12-4-9-20(10-5-12)13-6-8-19(2)16(13)22/h3,7,12-13H,4-6,8-10H2,1-2H3,(H,17,18)/t13-/m0/s1. The van der Waals surface area contributed by atoms with Crippen molar-refractivity contribution in [2.75, 3.05) is 32.0 Å². The van der Waals surface area contributed by atoms with Crippen molar-refractivity contribution < 1.29 is 9.72 Å². The third-order valence-corrected chi connectivity index (χ3v) is 5.02. The minimum absolute atomic E-state index is 0.00220. The molecule has 1 N–H and O–H groups in total. The summed E-state index contributed by atoms with van der Waals surface area (Å²) in [5, 5.41) is 14.5. The number of amides is 1. The maximum atomic E-state index is 12.1. The van der Waals surface area contributed by atoms with Crippen LogP contribution in [-0.4, -0.2) is 64.4 Å². The molecule has 3 rings (SSSR count). The van der Waals surface area contributed by atoms with Crippen LogP contribution >= 0.6 is 0 Å². The van der Waals surface area contributed by atoms with E-state index in [4.69, 9.17) is 0 Å². The quantitative estimate of drug-likeness (QED) is 0.661. The van der Waals surface area contributed by atoms with Crippen molar-refractivity contribution in [1.82, 2.24) is 14.8 Å². The number of rotatable bonds is 4. The van der Waals surface area contributed by atoms with E-state index in [9.17, 15) is 14.9 Å². The second-order valence-corrected chi connectivity index (χ2v) is 6.60. The molecule has 1 aromatic rings. The van der Waals surface area contributed by atoms with Gasteiger partial charge in [0.15, 0.2) is 0 Å². The summed E-state index contributed by atoms with van der Waals surface area (Å²) in [7, 11) is 1.85. The van der Waals surface area contributed by atoms with Crippen molar-refractivity contribution in [2.24, 2.45) is 0 Å². The molecule has 2 aliphatic heterocycles. The number of anilines is 1. The maximum absolute atomic E-state index is 12.1. The third-order valence-electron chi connectivity index (χ3n) is 5.02. The maximum Gasteiger partial charge on any atom is 0.314 e. The number of hydrogen-bond acceptors (Lipinski definition) is 6. The molecule has 3 heterocycles. The Bertz CT molecular complexity index is 643. The molecular weight excluding hydrogens is 310 g/mol. The number of nitrogens with one attached hydrogen (secondary N) is 1. The molecule has 0 aromatic carbocycles. The molecule has 0 radical (unpaired) electrons.